The molecular weight excluding hydrogens is 263 g/mol. The summed E-state index contributed by atoms with van der Waals surface area (Å²) in [5, 5.41) is 11.5. The highest BCUT2D eigenvalue weighted by atomic mass is 19.1. The molecule has 1 fully saturated rings. The van der Waals surface area contributed by atoms with Crippen molar-refractivity contribution >= 4 is 12.0 Å². The Morgan fingerprint density at radius 1 is 1.30 bits per heavy atom. The fourth-order valence-corrected chi connectivity index (χ4v) is 2.25. The molecule has 1 aliphatic heterocycles. The number of halogens is 1. The lowest BCUT2D eigenvalue weighted by Gasteiger charge is -2.30. The van der Waals surface area contributed by atoms with E-state index in [4.69, 9.17) is 5.11 Å². The number of piperidine rings is 1. The van der Waals surface area contributed by atoms with E-state index in [1.165, 1.54) is 6.07 Å². The summed E-state index contributed by atoms with van der Waals surface area (Å²) in [7, 11) is 0. The number of nitrogens with zero attached hydrogens (tertiary/aromatic N) is 1. The topological polar surface area (TPSA) is 69.6 Å². The third kappa shape index (κ3) is 3.46. The van der Waals surface area contributed by atoms with Gasteiger partial charge in [0.25, 0.3) is 0 Å². The van der Waals surface area contributed by atoms with Crippen molar-refractivity contribution in [3.8, 4) is 0 Å². The molecule has 108 valence electrons. The van der Waals surface area contributed by atoms with Crippen molar-refractivity contribution in [2.75, 3.05) is 13.1 Å². The summed E-state index contributed by atoms with van der Waals surface area (Å²) < 4.78 is 13.4. The fourth-order valence-electron chi connectivity index (χ4n) is 2.25. The quantitative estimate of drug-likeness (QED) is 0.887. The Morgan fingerprint density at radius 3 is 2.55 bits per heavy atom. The average molecular weight is 280 g/mol. The van der Waals surface area contributed by atoms with E-state index >= 15 is 0 Å². The second-order valence-electron chi connectivity index (χ2n) is 4.85. The van der Waals surface area contributed by atoms with Crippen LogP contribution in [0.4, 0.5) is 9.18 Å². The maximum atomic E-state index is 13.4. The van der Waals surface area contributed by atoms with Gasteiger partial charge in [-0.3, -0.25) is 4.79 Å². The van der Waals surface area contributed by atoms with Gasteiger partial charge in [0.05, 0.1) is 5.92 Å². The molecule has 0 aliphatic carbocycles. The van der Waals surface area contributed by atoms with Crippen LogP contribution in [0.15, 0.2) is 24.3 Å². The number of urea groups is 1. The summed E-state index contributed by atoms with van der Waals surface area (Å²) in [6.07, 6.45) is 0.922. The molecule has 0 saturated carbocycles. The molecule has 1 aliphatic rings. The second-order valence-corrected chi connectivity index (χ2v) is 4.85. The van der Waals surface area contributed by atoms with Gasteiger partial charge in [0.2, 0.25) is 0 Å². The predicted molar refractivity (Wildman–Crippen MR) is 70.6 cm³/mol. The van der Waals surface area contributed by atoms with E-state index in [0.29, 0.717) is 31.5 Å². The van der Waals surface area contributed by atoms with Gasteiger partial charge in [-0.2, -0.15) is 0 Å². The SMILES string of the molecule is O=C(O)C1CCN(C(=O)NCc2ccccc2F)CC1. The Bertz CT molecular complexity index is 499. The molecule has 0 bridgehead atoms. The maximum absolute atomic E-state index is 13.4. The van der Waals surface area contributed by atoms with Gasteiger partial charge in [-0.15, -0.1) is 0 Å². The van der Waals surface area contributed by atoms with Crippen LogP contribution in [0.5, 0.6) is 0 Å². The molecule has 0 aromatic heterocycles. The van der Waals surface area contributed by atoms with Crippen LogP contribution < -0.4 is 5.32 Å². The first-order chi connectivity index (χ1) is 9.58. The van der Waals surface area contributed by atoms with Crippen molar-refractivity contribution in [2.45, 2.75) is 19.4 Å². The lowest BCUT2D eigenvalue weighted by Crippen LogP contribution is -2.45. The van der Waals surface area contributed by atoms with Crippen LogP contribution >= 0.6 is 0 Å². The van der Waals surface area contributed by atoms with E-state index in [0.717, 1.165) is 0 Å². The third-order valence-corrected chi connectivity index (χ3v) is 3.52. The van der Waals surface area contributed by atoms with Gasteiger partial charge in [0.15, 0.2) is 0 Å². The lowest BCUT2D eigenvalue weighted by atomic mass is 9.97. The van der Waals surface area contributed by atoms with E-state index in [-0.39, 0.29) is 24.3 Å². The number of carbonyl (C=O) groups excluding carboxylic acids is 1. The molecule has 1 heterocycles. The van der Waals surface area contributed by atoms with Crippen LogP contribution in [0.3, 0.4) is 0 Å². The Hall–Kier alpha value is -2.11. The molecule has 1 aromatic rings. The Balaban J connectivity index is 1.82. The number of rotatable bonds is 3. The molecule has 2 amide bonds. The number of amides is 2. The van der Waals surface area contributed by atoms with Crippen LogP contribution in [0.2, 0.25) is 0 Å². The van der Waals surface area contributed by atoms with Crippen LogP contribution in [-0.2, 0) is 11.3 Å². The lowest BCUT2D eigenvalue weighted by molar-refractivity contribution is -0.143. The van der Waals surface area contributed by atoms with Crippen molar-refractivity contribution in [1.82, 2.24) is 10.2 Å². The average Bonchev–Trinajstić information content (AvgIpc) is 2.46. The standard InChI is InChI=1S/C14H17FN2O3/c15-12-4-2-1-3-11(12)9-16-14(20)17-7-5-10(6-8-17)13(18)19/h1-4,10H,5-9H2,(H,16,20)(H,18,19). The van der Waals surface area contributed by atoms with Crippen molar-refractivity contribution < 1.29 is 19.1 Å². The zero-order valence-electron chi connectivity index (χ0n) is 11.0. The Morgan fingerprint density at radius 2 is 1.95 bits per heavy atom. The number of nitrogens with one attached hydrogen (secondary N) is 1. The van der Waals surface area contributed by atoms with Gasteiger partial charge in [-0.1, -0.05) is 18.2 Å². The number of hydrogen-bond donors (Lipinski definition) is 2. The maximum Gasteiger partial charge on any atom is 0.317 e. The van der Waals surface area contributed by atoms with Gasteiger partial charge in [-0.25, -0.2) is 9.18 Å². The summed E-state index contributed by atoms with van der Waals surface area (Å²) >= 11 is 0. The van der Waals surface area contributed by atoms with Gasteiger partial charge >= 0.3 is 12.0 Å². The number of benzene rings is 1. The van der Waals surface area contributed by atoms with Crippen molar-refractivity contribution in [1.29, 1.82) is 0 Å². The Labute approximate surface area is 116 Å². The van der Waals surface area contributed by atoms with Crippen molar-refractivity contribution in [3.05, 3.63) is 35.6 Å². The van der Waals surface area contributed by atoms with E-state index in [1.54, 1.807) is 23.1 Å². The third-order valence-electron chi connectivity index (χ3n) is 3.52. The van der Waals surface area contributed by atoms with E-state index in [1.807, 2.05) is 0 Å². The number of aliphatic carboxylic acids is 1. The summed E-state index contributed by atoms with van der Waals surface area (Å²) in [5.74, 6) is -1.53. The molecule has 0 atom stereocenters. The minimum atomic E-state index is -0.809. The molecule has 1 saturated heterocycles. The molecular formula is C14H17FN2O3. The van der Waals surface area contributed by atoms with E-state index < -0.39 is 5.97 Å². The highest BCUT2D eigenvalue weighted by Gasteiger charge is 2.26. The molecule has 0 radical (unpaired) electrons. The number of likely N-dealkylation sites (tertiary alicyclic amines) is 1. The van der Waals surface area contributed by atoms with Gasteiger partial charge in [0.1, 0.15) is 5.82 Å². The monoisotopic (exact) mass is 280 g/mol. The largest absolute Gasteiger partial charge is 0.481 e. The summed E-state index contributed by atoms with van der Waals surface area (Å²) in [4.78, 5) is 24.3. The zero-order chi connectivity index (χ0) is 14.5. The molecule has 20 heavy (non-hydrogen) atoms. The second kappa shape index (κ2) is 6.36. The summed E-state index contributed by atoms with van der Waals surface area (Å²) in [5.41, 5.74) is 0.432. The first-order valence-electron chi connectivity index (χ1n) is 6.57. The van der Waals surface area contributed by atoms with Crippen molar-refractivity contribution in [3.63, 3.8) is 0 Å². The smallest absolute Gasteiger partial charge is 0.317 e. The number of carbonyl (C=O) groups is 2. The highest BCUT2D eigenvalue weighted by molar-refractivity contribution is 5.75. The minimum absolute atomic E-state index is 0.129. The van der Waals surface area contributed by atoms with Gasteiger partial charge in [-0.05, 0) is 18.9 Å². The van der Waals surface area contributed by atoms with Gasteiger partial charge in [0, 0.05) is 25.2 Å². The molecule has 5 nitrogen and oxygen atoms in total. The molecule has 6 heteroatoms. The first kappa shape index (κ1) is 14.3. The fraction of sp³-hybridized carbons (Fsp3) is 0.429. The summed E-state index contributed by atoms with van der Waals surface area (Å²) in [6.45, 7) is 0.963. The van der Waals surface area contributed by atoms with Crippen LogP contribution in [0, 0.1) is 11.7 Å². The van der Waals surface area contributed by atoms with E-state index in [2.05, 4.69) is 5.32 Å². The molecule has 1 aromatic carbocycles. The van der Waals surface area contributed by atoms with Crippen molar-refractivity contribution in [2.24, 2.45) is 5.92 Å². The number of carboxylic acids is 1. The zero-order valence-corrected chi connectivity index (χ0v) is 11.0. The summed E-state index contributed by atoms with van der Waals surface area (Å²) in [6, 6.07) is 5.99. The molecule has 0 unspecified atom stereocenters. The number of hydrogen-bond acceptors (Lipinski definition) is 2. The Kier molecular flexibility index (Phi) is 4.55. The first-order valence-corrected chi connectivity index (χ1v) is 6.57. The molecule has 2 rings (SSSR count). The van der Waals surface area contributed by atoms with Crippen LogP contribution in [-0.4, -0.2) is 35.1 Å². The van der Waals surface area contributed by atoms with Crippen LogP contribution in [0.25, 0.3) is 0 Å². The molecule has 2 N–H and O–H groups in total. The predicted octanol–water partition coefficient (Wildman–Crippen LogP) is 1.83. The minimum Gasteiger partial charge on any atom is -0.481 e. The number of carboxylic acid groups (broad SMARTS) is 1. The highest BCUT2D eigenvalue weighted by Crippen LogP contribution is 2.17. The van der Waals surface area contributed by atoms with Gasteiger partial charge < -0.3 is 15.3 Å². The van der Waals surface area contributed by atoms with Crippen LogP contribution in [0.1, 0.15) is 18.4 Å². The normalized spacial score (nSPS) is 15.9. The molecule has 0 spiro atoms. The van der Waals surface area contributed by atoms with E-state index in [9.17, 15) is 14.0 Å².